The summed E-state index contributed by atoms with van der Waals surface area (Å²) in [6.45, 7) is 1.08. The summed E-state index contributed by atoms with van der Waals surface area (Å²) < 4.78 is 36.8. The first kappa shape index (κ1) is 12.7. The Labute approximate surface area is 112 Å². The van der Waals surface area contributed by atoms with E-state index >= 15 is 0 Å². The van der Waals surface area contributed by atoms with Crippen LogP contribution in [0.3, 0.4) is 0 Å². The van der Waals surface area contributed by atoms with Gasteiger partial charge in [0.1, 0.15) is 0 Å². The molecule has 7 heteroatoms. The van der Waals surface area contributed by atoms with E-state index in [2.05, 4.69) is 0 Å². The van der Waals surface area contributed by atoms with Gasteiger partial charge in [0.2, 0.25) is 16.8 Å². The Morgan fingerprint density at radius 3 is 2.58 bits per heavy atom. The van der Waals surface area contributed by atoms with Gasteiger partial charge < -0.3 is 15.2 Å². The van der Waals surface area contributed by atoms with Crippen molar-refractivity contribution in [1.29, 1.82) is 0 Å². The summed E-state index contributed by atoms with van der Waals surface area (Å²) in [4.78, 5) is 0.243. The number of fused-ring (bicyclic) bond motifs is 1. The molecule has 0 radical (unpaired) electrons. The van der Waals surface area contributed by atoms with Gasteiger partial charge in [-0.15, -0.1) is 0 Å². The van der Waals surface area contributed by atoms with E-state index in [1.165, 1.54) is 10.4 Å². The Bertz CT molecular complexity index is 579. The average Bonchev–Trinajstić information content (AvgIpc) is 2.86. The van der Waals surface area contributed by atoms with Gasteiger partial charge in [0.25, 0.3) is 0 Å². The molecular formula is C12H16N2O4S. The molecule has 0 aromatic heterocycles. The summed E-state index contributed by atoms with van der Waals surface area (Å²) in [5, 5.41) is 0. The van der Waals surface area contributed by atoms with Gasteiger partial charge in [-0.3, -0.25) is 0 Å². The van der Waals surface area contributed by atoms with Gasteiger partial charge >= 0.3 is 0 Å². The molecule has 2 N–H and O–H groups in total. The van der Waals surface area contributed by atoms with Crippen LogP contribution < -0.4 is 15.2 Å². The van der Waals surface area contributed by atoms with Crippen molar-refractivity contribution in [2.45, 2.75) is 23.8 Å². The van der Waals surface area contributed by atoms with Crippen molar-refractivity contribution >= 4 is 10.0 Å². The maximum atomic E-state index is 12.5. The fourth-order valence-corrected chi connectivity index (χ4v) is 3.79. The van der Waals surface area contributed by atoms with E-state index in [1.807, 2.05) is 0 Å². The van der Waals surface area contributed by atoms with Gasteiger partial charge in [0.15, 0.2) is 11.5 Å². The molecular weight excluding hydrogens is 268 g/mol. The topological polar surface area (TPSA) is 81.9 Å². The van der Waals surface area contributed by atoms with Crippen LogP contribution in [0.5, 0.6) is 11.5 Å². The van der Waals surface area contributed by atoms with Gasteiger partial charge in [-0.2, -0.15) is 4.31 Å². The lowest BCUT2D eigenvalue weighted by Gasteiger charge is -2.29. The van der Waals surface area contributed by atoms with Crippen LogP contribution in [0.4, 0.5) is 0 Å². The number of nitrogens with zero attached hydrogens (tertiary/aromatic N) is 1. The Morgan fingerprint density at radius 2 is 1.84 bits per heavy atom. The van der Waals surface area contributed by atoms with Crippen molar-refractivity contribution in [2.75, 3.05) is 19.9 Å². The van der Waals surface area contributed by atoms with Crippen LogP contribution in [0.1, 0.15) is 12.8 Å². The van der Waals surface area contributed by atoms with E-state index in [-0.39, 0.29) is 17.7 Å². The molecule has 0 aliphatic carbocycles. The Balaban J connectivity index is 1.88. The van der Waals surface area contributed by atoms with Gasteiger partial charge in [-0.1, -0.05) is 0 Å². The van der Waals surface area contributed by atoms with Crippen molar-refractivity contribution in [3.63, 3.8) is 0 Å². The third-order valence-corrected chi connectivity index (χ3v) is 5.38. The van der Waals surface area contributed by atoms with Gasteiger partial charge in [0.05, 0.1) is 4.90 Å². The highest BCUT2D eigenvalue weighted by atomic mass is 32.2. The lowest BCUT2D eigenvalue weighted by Crippen LogP contribution is -2.42. The van der Waals surface area contributed by atoms with Gasteiger partial charge in [-0.05, 0) is 25.0 Å². The van der Waals surface area contributed by atoms with Crippen LogP contribution in [0.15, 0.2) is 23.1 Å². The van der Waals surface area contributed by atoms with E-state index in [9.17, 15) is 8.42 Å². The predicted molar refractivity (Wildman–Crippen MR) is 68.5 cm³/mol. The zero-order chi connectivity index (χ0) is 13.5. The first-order valence-corrected chi connectivity index (χ1v) is 7.67. The predicted octanol–water partition coefficient (Wildman–Crippen LogP) is 0.527. The molecule has 1 aromatic rings. The second kappa shape index (κ2) is 4.66. The highest BCUT2D eigenvalue weighted by Crippen LogP contribution is 2.34. The molecule has 2 aliphatic rings. The molecule has 2 heterocycles. The second-order valence-corrected chi connectivity index (χ2v) is 6.69. The minimum atomic E-state index is -3.46. The van der Waals surface area contributed by atoms with Crippen LogP contribution in [0.25, 0.3) is 0 Å². The van der Waals surface area contributed by atoms with E-state index in [0.717, 1.165) is 0 Å². The summed E-state index contributed by atoms with van der Waals surface area (Å²) in [5.74, 6) is 1.06. The van der Waals surface area contributed by atoms with E-state index < -0.39 is 10.0 Å². The van der Waals surface area contributed by atoms with Crippen LogP contribution in [-0.2, 0) is 10.0 Å². The Hall–Kier alpha value is -1.31. The number of hydrogen-bond acceptors (Lipinski definition) is 5. The minimum absolute atomic E-state index is 0.100. The van der Waals surface area contributed by atoms with Gasteiger partial charge in [0, 0.05) is 25.2 Å². The SMILES string of the molecule is NC1CCN(S(=O)(=O)c2ccc3c(c2)OCO3)CC1. The van der Waals surface area contributed by atoms with E-state index in [0.29, 0.717) is 37.4 Å². The molecule has 0 atom stereocenters. The molecule has 0 amide bonds. The molecule has 0 unspecified atom stereocenters. The number of nitrogens with two attached hydrogens (primary N) is 1. The first-order valence-electron chi connectivity index (χ1n) is 6.23. The van der Waals surface area contributed by atoms with Crippen LogP contribution in [0.2, 0.25) is 0 Å². The lowest BCUT2D eigenvalue weighted by atomic mass is 10.1. The molecule has 1 fully saturated rings. The molecule has 1 aromatic carbocycles. The largest absolute Gasteiger partial charge is 0.454 e. The Kier molecular flexibility index (Phi) is 3.12. The third kappa shape index (κ3) is 2.29. The fraction of sp³-hybridized carbons (Fsp3) is 0.500. The number of rotatable bonds is 2. The number of ether oxygens (including phenoxy) is 2. The molecule has 2 aliphatic heterocycles. The summed E-state index contributed by atoms with van der Waals surface area (Å²) in [7, 11) is -3.46. The number of hydrogen-bond donors (Lipinski definition) is 1. The summed E-state index contributed by atoms with van der Waals surface area (Å²) >= 11 is 0. The molecule has 0 bridgehead atoms. The van der Waals surface area contributed by atoms with E-state index in [1.54, 1.807) is 12.1 Å². The minimum Gasteiger partial charge on any atom is -0.454 e. The molecule has 1 saturated heterocycles. The van der Waals surface area contributed by atoms with Crippen molar-refractivity contribution in [1.82, 2.24) is 4.31 Å². The van der Waals surface area contributed by atoms with E-state index in [4.69, 9.17) is 15.2 Å². The standard InChI is InChI=1S/C12H16N2O4S/c13-9-3-5-14(6-4-9)19(15,16)10-1-2-11-12(7-10)18-8-17-11/h1-2,7,9H,3-6,8,13H2. The number of sulfonamides is 1. The quantitative estimate of drug-likeness (QED) is 0.856. The third-order valence-electron chi connectivity index (χ3n) is 3.48. The second-order valence-electron chi connectivity index (χ2n) is 4.76. The molecule has 0 spiro atoms. The lowest BCUT2D eigenvalue weighted by molar-refractivity contribution is 0.174. The van der Waals surface area contributed by atoms with Crippen molar-refractivity contribution < 1.29 is 17.9 Å². The van der Waals surface area contributed by atoms with Crippen molar-refractivity contribution in [3.05, 3.63) is 18.2 Å². The average molecular weight is 284 g/mol. The zero-order valence-electron chi connectivity index (χ0n) is 10.4. The molecule has 0 saturated carbocycles. The maximum absolute atomic E-state index is 12.5. The summed E-state index contributed by atoms with van der Waals surface area (Å²) in [6, 6.07) is 4.80. The molecule has 19 heavy (non-hydrogen) atoms. The molecule has 3 rings (SSSR count). The van der Waals surface area contributed by atoms with Crippen LogP contribution in [0, 0.1) is 0 Å². The first-order chi connectivity index (χ1) is 9.07. The fourth-order valence-electron chi connectivity index (χ4n) is 2.30. The highest BCUT2D eigenvalue weighted by Gasteiger charge is 2.29. The normalized spacial score (nSPS) is 20.7. The van der Waals surface area contributed by atoms with Crippen LogP contribution in [-0.4, -0.2) is 38.6 Å². The number of benzene rings is 1. The summed E-state index contributed by atoms with van der Waals surface area (Å²) in [5.41, 5.74) is 5.79. The smallest absolute Gasteiger partial charge is 0.243 e. The zero-order valence-corrected chi connectivity index (χ0v) is 11.2. The van der Waals surface area contributed by atoms with Crippen molar-refractivity contribution in [2.24, 2.45) is 5.73 Å². The highest BCUT2D eigenvalue weighted by molar-refractivity contribution is 7.89. The van der Waals surface area contributed by atoms with Crippen LogP contribution >= 0.6 is 0 Å². The van der Waals surface area contributed by atoms with Crippen molar-refractivity contribution in [3.8, 4) is 11.5 Å². The molecule has 6 nitrogen and oxygen atoms in total. The monoisotopic (exact) mass is 284 g/mol. The number of piperidine rings is 1. The van der Waals surface area contributed by atoms with Gasteiger partial charge in [-0.25, -0.2) is 8.42 Å². The summed E-state index contributed by atoms with van der Waals surface area (Å²) in [6.07, 6.45) is 1.40. The Morgan fingerprint density at radius 1 is 1.16 bits per heavy atom. The maximum Gasteiger partial charge on any atom is 0.243 e. The molecule has 104 valence electrons.